The summed E-state index contributed by atoms with van der Waals surface area (Å²) in [6.45, 7) is 0.278. The minimum absolute atomic E-state index is 0.0265. The summed E-state index contributed by atoms with van der Waals surface area (Å²) in [7, 11) is -7.50. The van der Waals surface area contributed by atoms with Gasteiger partial charge in [0.2, 0.25) is 20.0 Å². The third-order valence-electron chi connectivity index (χ3n) is 5.82. The molecule has 1 aromatic heterocycles. The highest BCUT2D eigenvalue weighted by Gasteiger charge is 2.26. The second kappa shape index (κ2) is 11.9. The third-order valence-corrected chi connectivity index (χ3v) is 9.13. The Balaban J connectivity index is 1.30. The number of hydrogen-bond acceptors (Lipinski definition) is 8. The number of piperidine rings is 1. The number of esters is 1. The van der Waals surface area contributed by atoms with Crippen LogP contribution >= 0.6 is 0 Å². The summed E-state index contributed by atoms with van der Waals surface area (Å²) in [6.07, 6.45) is 4.04. The molecule has 0 radical (unpaired) electrons. The lowest BCUT2D eigenvalue weighted by Gasteiger charge is -2.26. The second-order valence-electron chi connectivity index (χ2n) is 8.55. The van der Waals surface area contributed by atoms with Crippen molar-refractivity contribution in [2.45, 2.75) is 35.6 Å². The fourth-order valence-electron chi connectivity index (χ4n) is 3.83. The Morgan fingerprint density at radius 2 is 1.63 bits per heavy atom. The Morgan fingerprint density at radius 1 is 0.895 bits per heavy atom. The van der Waals surface area contributed by atoms with Crippen molar-refractivity contribution < 1.29 is 35.6 Å². The van der Waals surface area contributed by atoms with Gasteiger partial charge in [-0.3, -0.25) is 4.79 Å². The maximum Gasteiger partial charge on any atom is 0.338 e. The summed E-state index contributed by atoms with van der Waals surface area (Å²) in [4.78, 5) is 24.7. The molecule has 0 unspecified atom stereocenters. The normalized spacial score (nSPS) is 14.6. The van der Waals surface area contributed by atoms with E-state index in [1.54, 1.807) is 12.1 Å². The van der Waals surface area contributed by atoms with Gasteiger partial charge >= 0.3 is 5.97 Å². The molecule has 1 saturated heterocycles. The van der Waals surface area contributed by atoms with E-state index in [0.717, 1.165) is 19.3 Å². The van der Waals surface area contributed by atoms with Crippen molar-refractivity contribution in [3.8, 4) is 0 Å². The second-order valence-corrected chi connectivity index (χ2v) is 12.3. The predicted octanol–water partition coefficient (Wildman–Crippen LogP) is 2.73. The van der Waals surface area contributed by atoms with Crippen molar-refractivity contribution in [2.24, 2.45) is 0 Å². The monoisotopic (exact) mass is 561 g/mol. The van der Waals surface area contributed by atoms with Crippen LogP contribution in [0.3, 0.4) is 0 Å². The molecule has 4 rings (SSSR count). The zero-order valence-electron chi connectivity index (χ0n) is 20.3. The first-order valence-corrected chi connectivity index (χ1v) is 14.8. The van der Waals surface area contributed by atoms with Gasteiger partial charge < -0.3 is 14.5 Å². The van der Waals surface area contributed by atoms with Crippen molar-refractivity contribution in [1.29, 1.82) is 0 Å². The molecule has 2 N–H and O–H groups in total. The maximum absolute atomic E-state index is 12.9. The quantitative estimate of drug-likeness (QED) is 0.359. The van der Waals surface area contributed by atoms with Crippen LogP contribution in [-0.4, -0.2) is 52.7 Å². The van der Waals surface area contributed by atoms with Gasteiger partial charge in [-0.05, 0) is 67.4 Å². The van der Waals surface area contributed by atoms with Crippen molar-refractivity contribution in [3.63, 3.8) is 0 Å². The molecule has 3 aromatic rings. The average molecular weight is 562 g/mol. The fraction of sp³-hybridized carbons (Fsp3) is 0.280. The smallest absolute Gasteiger partial charge is 0.338 e. The number of carbonyl (C=O) groups excluding carboxylic acids is 2. The van der Waals surface area contributed by atoms with E-state index in [2.05, 4.69) is 10.0 Å². The lowest BCUT2D eigenvalue weighted by atomic mass is 10.2. The molecule has 1 aliphatic heterocycles. The summed E-state index contributed by atoms with van der Waals surface area (Å²) in [5, 5.41) is 2.52. The first-order valence-electron chi connectivity index (χ1n) is 11.8. The van der Waals surface area contributed by atoms with Crippen molar-refractivity contribution in [3.05, 3.63) is 78.3 Å². The predicted molar refractivity (Wildman–Crippen MR) is 137 cm³/mol. The molecule has 0 atom stereocenters. The van der Waals surface area contributed by atoms with Gasteiger partial charge in [0.05, 0.1) is 28.2 Å². The highest BCUT2D eigenvalue weighted by Crippen LogP contribution is 2.23. The van der Waals surface area contributed by atoms with Crippen LogP contribution in [-0.2, 0) is 36.1 Å². The molecule has 38 heavy (non-hydrogen) atoms. The van der Waals surface area contributed by atoms with E-state index in [-0.39, 0.29) is 27.6 Å². The van der Waals surface area contributed by atoms with Gasteiger partial charge in [-0.1, -0.05) is 12.5 Å². The van der Waals surface area contributed by atoms with Crippen LogP contribution in [0, 0.1) is 0 Å². The molecule has 13 heteroatoms. The molecule has 11 nitrogen and oxygen atoms in total. The van der Waals surface area contributed by atoms with E-state index in [4.69, 9.17) is 9.15 Å². The molecule has 0 bridgehead atoms. The number of furan rings is 1. The zero-order valence-corrected chi connectivity index (χ0v) is 22.0. The van der Waals surface area contributed by atoms with Gasteiger partial charge in [0, 0.05) is 18.8 Å². The van der Waals surface area contributed by atoms with E-state index in [0.29, 0.717) is 18.8 Å². The molecule has 202 valence electrons. The molecule has 0 aliphatic carbocycles. The van der Waals surface area contributed by atoms with Crippen LogP contribution in [0.4, 0.5) is 5.69 Å². The first kappa shape index (κ1) is 27.5. The van der Waals surface area contributed by atoms with Gasteiger partial charge in [-0.2, -0.15) is 4.31 Å². The Kier molecular flexibility index (Phi) is 8.62. The summed E-state index contributed by atoms with van der Waals surface area (Å²) < 4.78 is 64.5. The first-order chi connectivity index (χ1) is 18.1. The number of rotatable bonds is 10. The molecule has 0 spiro atoms. The van der Waals surface area contributed by atoms with E-state index < -0.39 is 38.5 Å². The topological polar surface area (TPSA) is 152 Å². The fourth-order valence-corrected chi connectivity index (χ4v) is 6.39. The largest absolute Gasteiger partial charge is 0.468 e. The van der Waals surface area contributed by atoms with Crippen LogP contribution in [0.1, 0.15) is 35.4 Å². The Morgan fingerprint density at radius 3 is 2.32 bits per heavy atom. The van der Waals surface area contributed by atoms with Gasteiger partial charge in [-0.15, -0.1) is 0 Å². The summed E-state index contributed by atoms with van der Waals surface area (Å²) in [6, 6.07) is 14.2. The van der Waals surface area contributed by atoms with E-state index in [9.17, 15) is 26.4 Å². The van der Waals surface area contributed by atoms with Crippen molar-refractivity contribution >= 4 is 37.6 Å². The van der Waals surface area contributed by atoms with E-state index in [1.165, 1.54) is 59.1 Å². The van der Waals surface area contributed by atoms with Crippen LogP contribution in [0.15, 0.2) is 81.1 Å². The summed E-state index contributed by atoms with van der Waals surface area (Å²) in [5.74, 6) is -1.04. The number of amides is 1. The third kappa shape index (κ3) is 6.86. The Bertz CT molecular complexity index is 1480. The van der Waals surface area contributed by atoms with Crippen molar-refractivity contribution in [1.82, 2.24) is 9.03 Å². The van der Waals surface area contributed by atoms with Crippen LogP contribution in [0.2, 0.25) is 0 Å². The van der Waals surface area contributed by atoms with Gasteiger partial charge in [0.15, 0.2) is 6.61 Å². The molecule has 1 fully saturated rings. The number of ether oxygens (including phenoxy) is 1. The average Bonchev–Trinajstić information content (AvgIpc) is 3.45. The summed E-state index contributed by atoms with van der Waals surface area (Å²) >= 11 is 0. The standard InChI is InChI=1S/C25H27N3O8S2/c29-24(27-20-6-4-8-23(16-20)38(33,34)28-13-2-1-3-14-28)18-36-25(30)19-9-11-22(12-10-19)37(31,32)26-17-21-7-5-15-35-21/h4-12,15-16,26H,1-3,13-14,17-18H2,(H,27,29). The number of nitrogens with one attached hydrogen (secondary N) is 2. The summed E-state index contributed by atoms with van der Waals surface area (Å²) in [5.41, 5.74) is 0.304. The highest BCUT2D eigenvalue weighted by molar-refractivity contribution is 7.89. The van der Waals surface area contributed by atoms with Gasteiger partial charge in [0.25, 0.3) is 5.91 Å². The number of carbonyl (C=O) groups is 2. The minimum Gasteiger partial charge on any atom is -0.468 e. The lowest BCUT2D eigenvalue weighted by molar-refractivity contribution is -0.119. The lowest BCUT2D eigenvalue weighted by Crippen LogP contribution is -2.35. The Hall–Kier alpha value is -3.52. The van der Waals surface area contributed by atoms with Gasteiger partial charge in [-0.25, -0.2) is 26.4 Å². The van der Waals surface area contributed by atoms with Crippen LogP contribution in [0.5, 0.6) is 0 Å². The zero-order chi connectivity index (χ0) is 27.2. The number of benzene rings is 2. The van der Waals surface area contributed by atoms with E-state index in [1.807, 2.05) is 0 Å². The number of sulfonamides is 2. The molecule has 2 heterocycles. The molecule has 0 saturated carbocycles. The molecule has 2 aromatic carbocycles. The number of hydrogen-bond donors (Lipinski definition) is 2. The molecule has 1 amide bonds. The number of nitrogens with zero attached hydrogens (tertiary/aromatic N) is 1. The molecular weight excluding hydrogens is 534 g/mol. The molecule has 1 aliphatic rings. The van der Waals surface area contributed by atoms with E-state index >= 15 is 0 Å². The highest BCUT2D eigenvalue weighted by atomic mass is 32.2. The minimum atomic E-state index is -3.83. The van der Waals surface area contributed by atoms with Crippen molar-refractivity contribution in [2.75, 3.05) is 25.0 Å². The maximum atomic E-state index is 12.9. The van der Waals surface area contributed by atoms with Crippen LogP contribution in [0.25, 0.3) is 0 Å². The van der Waals surface area contributed by atoms with Crippen LogP contribution < -0.4 is 10.0 Å². The Labute approximate surface area is 220 Å². The molecular formula is C25H27N3O8S2. The SMILES string of the molecule is O=C(COC(=O)c1ccc(S(=O)(=O)NCc2ccco2)cc1)Nc1cccc(S(=O)(=O)N2CCCCC2)c1. The van der Waals surface area contributed by atoms with Gasteiger partial charge in [0.1, 0.15) is 5.76 Å². The number of anilines is 1.